The molecule has 0 aliphatic rings. The van der Waals surface area contributed by atoms with Gasteiger partial charge in [-0.3, -0.25) is 9.59 Å². The van der Waals surface area contributed by atoms with Crippen LogP contribution in [0.25, 0.3) is 10.9 Å². The Labute approximate surface area is 133 Å². The van der Waals surface area contributed by atoms with E-state index in [1.807, 2.05) is 0 Å². The van der Waals surface area contributed by atoms with Gasteiger partial charge in [0.05, 0.1) is 0 Å². The van der Waals surface area contributed by atoms with Gasteiger partial charge in [0.25, 0.3) is 0 Å². The van der Waals surface area contributed by atoms with Crippen LogP contribution < -0.4 is 0 Å². The van der Waals surface area contributed by atoms with Crippen LogP contribution in [0.1, 0.15) is 39.2 Å². The molecule has 0 saturated carbocycles. The highest BCUT2D eigenvalue weighted by atomic mass is 19.1. The van der Waals surface area contributed by atoms with Gasteiger partial charge in [0, 0.05) is 23.0 Å². The molecule has 2 rings (SSSR count). The topological polar surface area (TPSA) is 79.4 Å². The van der Waals surface area contributed by atoms with E-state index < -0.39 is 35.2 Å². The number of aromatic nitrogens is 1. The first-order chi connectivity index (χ1) is 10.6. The van der Waals surface area contributed by atoms with Gasteiger partial charge in [-0.15, -0.1) is 0 Å². The molecule has 2 aromatic rings. The van der Waals surface area contributed by atoms with Crippen molar-refractivity contribution in [3.63, 3.8) is 0 Å². The summed E-state index contributed by atoms with van der Waals surface area (Å²) in [6.45, 7) is 6.65. The van der Waals surface area contributed by atoms with Gasteiger partial charge in [-0.25, -0.2) is 4.39 Å². The smallest absolute Gasteiger partial charge is 0.321 e. The van der Waals surface area contributed by atoms with E-state index in [0.717, 1.165) is 0 Å². The van der Waals surface area contributed by atoms with E-state index >= 15 is 0 Å². The molecule has 0 spiro atoms. The number of carboxylic acids is 1. The molecule has 0 radical (unpaired) electrons. The maximum absolute atomic E-state index is 13.5. The first-order valence-electron chi connectivity index (χ1n) is 7.32. The monoisotopic (exact) mass is 321 g/mol. The van der Waals surface area contributed by atoms with Crippen molar-refractivity contribution in [2.24, 2.45) is 5.92 Å². The second-order valence-electron chi connectivity index (χ2n) is 6.57. The number of carboxylic acid groups (broad SMARTS) is 1. The van der Waals surface area contributed by atoms with E-state index in [-0.39, 0.29) is 0 Å². The van der Waals surface area contributed by atoms with Crippen molar-refractivity contribution in [1.29, 1.82) is 0 Å². The molecule has 124 valence electrons. The number of esters is 1. The Morgan fingerprint density at radius 1 is 1.30 bits per heavy atom. The number of aliphatic carboxylic acids is 1. The van der Waals surface area contributed by atoms with Crippen molar-refractivity contribution < 1.29 is 23.8 Å². The maximum Gasteiger partial charge on any atom is 0.321 e. The lowest BCUT2D eigenvalue weighted by Crippen LogP contribution is -2.35. The first kappa shape index (κ1) is 17.0. The summed E-state index contributed by atoms with van der Waals surface area (Å²) < 4.78 is 18.7. The summed E-state index contributed by atoms with van der Waals surface area (Å²) in [5, 5.41) is 10.0. The van der Waals surface area contributed by atoms with Gasteiger partial charge in [0.2, 0.25) is 0 Å². The Kier molecular flexibility index (Phi) is 4.45. The molecule has 0 fully saturated rings. The van der Waals surface area contributed by atoms with Crippen LogP contribution in [0.15, 0.2) is 24.4 Å². The number of carbonyl (C=O) groups excluding carboxylic acids is 1. The molecule has 23 heavy (non-hydrogen) atoms. The van der Waals surface area contributed by atoms with Crippen LogP contribution in [0, 0.1) is 11.7 Å². The van der Waals surface area contributed by atoms with Gasteiger partial charge < -0.3 is 14.8 Å². The molecule has 1 heterocycles. The molecule has 1 aromatic heterocycles. The summed E-state index contributed by atoms with van der Waals surface area (Å²) in [4.78, 5) is 26.8. The first-order valence-corrected chi connectivity index (χ1v) is 7.32. The van der Waals surface area contributed by atoms with Crippen LogP contribution in [0.5, 0.6) is 0 Å². The summed E-state index contributed by atoms with van der Waals surface area (Å²) in [6.07, 6.45) is 1.61. The lowest BCUT2D eigenvalue weighted by Gasteiger charge is -2.25. The number of hydrogen-bond acceptors (Lipinski definition) is 3. The van der Waals surface area contributed by atoms with Crippen molar-refractivity contribution in [2.75, 3.05) is 0 Å². The normalized spacial score (nSPS) is 14.5. The van der Waals surface area contributed by atoms with Crippen LogP contribution in [0.4, 0.5) is 4.39 Å². The molecule has 0 saturated heterocycles. The number of halogens is 1. The van der Waals surface area contributed by atoms with E-state index in [2.05, 4.69) is 4.98 Å². The number of hydrogen-bond donors (Lipinski definition) is 2. The molecule has 0 aliphatic heterocycles. The van der Waals surface area contributed by atoms with Crippen LogP contribution in [-0.2, 0) is 14.3 Å². The maximum atomic E-state index is 13.5. The SMILES string of the molecule is C[C@H](c1c[nH]c2ccc(F)cc12)[C@H](C(=O)O)C(=O)OC(C)(C)C. The second kappa shape index (κ2) is 6.02. The molecule has 0 unspecified atom stereocenters. The fourth-order valence-corrected chi connectivity index (χ4v) is 2.55. The van der Waals surface area contributed by atoms with Gasteiger partial charge >= 0.3 is 11.9 Å². The number of benzene rings is 1. The number of nitrogens with one attached hydrogen (secondary N) is 1. The third kappa shape index (κ3) is 3.70. The van der Waals surface area contributed by atoms with Gasteiger partial charge in [0.1, 0.15) is 11.4 Å². The largest absolute Gasteiger partial charge is 0.481 e. The molecule has 6 heteroatoms. The number of fused-ring (bicyclic) bond motifs is 1. The molecule has 2 N–H and O–H groups in total. The Morgan fingerprint density at radius 3 is 2.52 bits per heavy atom. The predicted molar refractivity (Wildman–Crippen MR) is 83.6 cm³/mol. The summed E-state index contributed by atoms with van der Waals surface area (Å²) >= 11 is 0. The number of H-pyrrole nitrogens is 1. The van der Waals surface area contributed by atoms with Crippen molar-refractivity contribution in [3.05, 3.63) is 35.8 Å². The molecule has 2 atom stereocenters. The lowest BCUT2D eigenvalue weighted by atomic mass is 9.87. The van der Waals surface area contributed by atoms with Gasteiger partial charge in [-0.1, -0.05) is 6.92 Å². The second-order valence-corrected chi connectivity index (χ2v) is 6.57. The number of carbonyl (C=O) groups is 2. The third-order valence-corrected chi connectivity index (χ3v) is 3.59. The van der Waals surface area contributed by atoms with E-state index in [4.69, 9.17) is 4.74 Å². The van der Waals surface area contributed by atoms with E-state index in [9.17, 15) is 19.1 Å². The molecule has 0 bridgehead atoms. The molecule has 0 aliphatic carbocycles. The molecular weight excluding hydrogens is 301 g/mol. The lowest BCUT2D eigenvalue weighted by molar-refractivity contribution is -0.167. The molecule has 1 aromatic carbocycles. The van der Waals surface area contributed by atoms with E-state index in [1.165, 1.54) is 12.1 Å². The van der Waals surface area contributed by atoms with Gasteiger partial charge in [-0.2, -0.15) is 0 Å². The summed E-state index contributed by atoms with van der Waals surface area (Å²) in [7, 11) is 0. The standard InChI is InChI=1S/C17H20FNO4/c1-9(14(15(20)21)16(22)23-17(2,3)4)12-8-19-13-6-5-10(18)7-11(12)13/h5-9,14,19H,1-4H3,(H,20,21)/t9-,14-/m1/s1. The third-order valence-electron chi connectivity index (χ3n) is 3.59. The average Bonchev–Trinajstić information content (AvgIpc) is 2.78. The predicted octanol–water partition coefficient (Wildman–Crippen LogP) is 3.45. The minimum atomic E-state index is -1.36. The van der Waals surface area contributed by atoms with Crippen LogP contribution in [0.2, 0.25) is 0 Å². The van der Waals surface area contributed by atoms with Crippen molar-refractivity contribution in [2.45, 2.75) is 39.2 Å². The van der Waals surface area contributed by atoms with E-state index in [1.54, 1.807) is 40.0 Å². The quantitative estimate of drug-likeness (QED) is 0.668. The van der Waals surface area contributed by atoms with Crippen LogP contribution in [-0.4, -0.2) is 27.6 Å². The summed E-state index contributed by atoms with van der Waals surface area (Å²) in [6, 6.07) is 4.21. The molecular formula is C17H20FNO4. The van der Waals surface area contributed by atoms with Crippen molar-refractivity contribution >= 4 is 22.8 Å². The highest BCUT2D eigenvalue weighted by Gasteiger charge is 2.37. The Bertz CT molecular complexity index is 745. The summed E-state index contributed by atoms with van der Waals surface area (Å²) in [5.41, 5.74) is 0.468. The average molecular weight is 321 g/mol. The molecule has 5 nitrogen and oxygen atoms in total. The Hall–Kier alpha value is -2.37. The summed E-state index contributed by atoms with van der Waals surface area (Å²) in [5.74, 6) is -4.52. The minimum Gasteiger partial charge on any atom is -0.481 e. The van der Waals surface area contributed by atoms with Crippen LogP contribution in [0.3, 0.4) is 0 Å². The fourth-order valence-electron chi connectivity index (χ4n) is 2.55. The molecule has 0 amide bonds. The number of ether oxygens (including phenoxy) is 1. The van der Waals surface area contributed by atoms with Crippen molar-refractivity contribution in [3.8, 4) is 0 Å². The fraction of sp³-hybridized carbons (Fsp3) is 0.412. The Morgan fingerprint density at radius 2 is 1.96 bits per heavy atom. The minimum absolute atomic E-state index is 0.422. The van der Waals surface area contributed by atoms with Gasteiger partial charge in [0.15, 0.2) is 5.92 Å². The van der Waals surface area contributed by atoms with E-state index in [0.29, 0.717) is 16.5 Å². The van der Waals surface area contributed by atoms with Crippen molar-refractivity contribution in [1.82, 2.24) is 4.98 Å². The van der Waals surface area contributed by atoms with Gasteiger partial charge in [-0.05, 0) is 44.5 Å². The zero-order valence-corrected chi connectivity index (χ0v) is 13.5. The zero-order chi connectivity index (χ0) is 17.4. The highest BCUT2D eigenvalue weighted by molar-refractivity contribution is 5.96. The zero-order valence-electron chi connectivity index (χ0n) is 13.5. The highest BCUT2D eigenvalue weighted by Crippen LogP contribution is 2.32. The van der Waals surface area contributed by atoms with Crippen LogP contribution >= 0.6 is 0 Å². The number of aromatic amines is 1. The Balaban J connectivity index is 2.40. The number of rotatable bonds is 4.